The minimum Gasteiger partial charge on any atom is -0.392 e. The van der Waals surface area contributed by atoms with Crippen molar-refractivity contribution >= 4 is 0 Å². The number of fused-ring (bicyclic) bond motifs is 1. The first-order valence-electron chi connectivity index (χ1n) is 6.39. The van der Waals surface area contributed by atoms with E-state index >= 15 is 0 Å². The summed E-state index contributed by atoms with van der Waals surface area (Å²) in [5, 5.41) is 29.2. The highest BCUT2D eigenvalue weighted by atomic mass is 16.6. The van der Waals surface area contributed by atoms with Crippen molar-refractivity contribution in [3.05, 3.63) is 35.5 Å². The van der Waals surface area contributed by atoms with Crippen molar-refractivity contribution in [1.82, 2.24) is 0 Å². The van der Waals surface area contributed by atoms with Gasteiger partial charge < -0.3 is 20.1 Å². The zero-order valence-electron chi connectivity index (χ0n) is 10.5. The summed E-state index contributed by atoms with van der Waals surface area (Å²) < 4.78 is 5.20. The molecule has 4 atom stereocenters. The van der Waals surface area contributed by atoms with Gasteiger partial charge in [-0.1, -0.05) is 37.6 Å². The van der Waals surface area contributed by atoms with Crippen LogP contribution in [0.5, 0.6) is 0 Å². The average Bonchev–Trinajstić information content (AvgIpc) is 3.15. The quantitative estimate of drug-likeness (QED) is 0.497. The molecule has 1 aliphatic carbocycles. The fourth-order valence-electron chi connectivity index (χ4n) is 2.27. The molecule has 3 N–H and O–H groups in total. The number of hydrogen-bond acceptors (Lipinski definition) is 4. The molecule has 0 bridgehead atoms. The Balaban J connectivity index is 2.11. The number of epoxide rings is 1. The van der Waals surface area contributed by atoms with E-state index in [1.165, 1.54) is 0 Å². The molecule has 1 aliphatic heterocycles. The van der Waals surface area contributed by atoms with Crippen LogP contribution in [0.3, 0.4) is 0 Å². The zero-order chi connectivity index (χ0) is 13.1. The monoisotopic (exact) mass is 252 g/mol. The highest BCUT2D eigenvalue weighted by molar-refractivity contribution is 5.40. The fourth-order valence-corrected chi connectivity index (χ4v) is 2.27. The SMILES string of the molecule is CCC/C=C/C=C/C1=C(CO)[C@H](O)[C@H]2O[C@H]2[C@@H]1O. The Morgan fingerprint density at radius 3 is 2.56 bits per heavy atom. The molecule has 0 aromatic rings. The van der Waals surface area contributed by atoms with Crippen LogP contribution in [-0.2, 0) is 4.74 Å². The fraction of sp³-hybridized carbons (Fsp3) is 0.571. The third kappa shape index (κ3) is 2.57. The van der Waals surface area contributed by atoms with Gasteiger partial charge in [-0.15, -0.1) is 0 Å². The molecule has 1 saturated heterocycles. The van der Waals surface area contributed by atoms with E-state index < -0.39 is 12.2 Å². The van der Waals surface area contributed by atoms with Crippen LogP contribution in [0.2, 0.25) is 0 Å². The van der Waals surface area contributed by atoms with Gasteiger partial charge in [0.15, 0.2) is 0 Å². The van der Waals surface area contributed by atoms with Crippen molar-refractivity contribution in [2.45, 2.75) is 44.2 Å². The Labute approximate surface area is 107 Å². The lowest BCUT2D eigenvalue weighted by atomic mass is 9.87. The third-order valence-corrected chi connectivity index (χ3v) is 3.38. The van der Waals surface area contributed by atoms with E-state index in [1.807, 2.05) is 18.2 Å². The molecule has 0 amide bonds. The molecule has 18 heavy (non-hydrogen) atoms. The van der Waals surface area contributed by atoms with Crippen LogP contribution >= 0.6 is 0 Å². The largest absolute Gasteiger partial charge is 0.392 e. The molecule has 0 aromatic heterocycles. The first-order chi connectivity index (χ1) is 8.70. The summed E-state index contributed by atoms with van der Waals surface area (Å²) in [4.78, 5) is 0. The van der Waals surface area contributed by atoms with Crippen molar-refractivity contribution in [3.63, 3.8) is 0 Å². The average molecular weight is 252 g/mol. The van der Waals surface area contributed by atoms with Gasteiger partial charge in [0.25, 0.3) is 0 Å². The van der Waals surface area contributed by atoms with Gasteiger partial charge in [-0.05, 0) is 17.6 Å². The predicted octanol–water partition coefficient (Wildman–Crippen LogP) is 0.691. The van der Waals surface area contributed by atoms with Crippen LogP contribution < -0.4 is 0 Å². The molecular weight excluding hydrogens is 232 g/mol. The molecule has 100 valence electrons. The highest BCUT2D eigenvalue weighted by Gasteiger charge is 2.54. The van der Waals surface area contributed by atoms with E-state index in [0.717, 1.165) is 12.8 Å². The second-order valence-corrected chi connectivity index (χ2v) is 4.67. The predicted molar refractivity (Wildman–Crippen MR) is 68.0 cm³/mol. The standard InChI is InChI=1S/C14H20O4/c1-2-3-4-5-6-7-9-10(8-15)12(17)14-13(18-14)11(9)16/h4-7,11-17H,2-3,8H2,1H3/b5-4+,7-6+/t11-,12+,13+,14-/m1/s1. The van der Waals surface area contributed by atoms with Crippen LogP contribution in [0.15, 0.2) is 35.5 Å². The zero-order valence-corrected chi connectivity index (χ0v) is 10.5. The first kappa shape index (κ1) is 13.5. The second-order valence-electron chi connectivity index (χ2n) is 4.67. The van der Waals surface area contributed by atoms with Gasteiger partial charge in [-0.2, -0.15) is 0 Å². The molecule has 0 aromatic carbocycles. The van der Waals surface area contributed by atoms with E-state index in [2.05, 4.69) is 6.92 Å². The Hall–Kier alpha value is -0.940. The molecule has 1 fully saturated rings. The van der Waals surface area contributed by atoms with Gasteiger partial charge in [0.2, 0.25) is 0 Å². The van der Waals surface area contributed by atoms with Gasteiger partial charge in [0.1, 0.15) is 24.4 Å². The van der Waals surface area contributed by atoms with Crippen LogP contribution in [0.25, 0.3) is 0 Å². The Morgan fingerprint density at radius 2 is 1.89 bits per heavy atom. The second kappa shape index (κ2) is 5.80. The van der Waals surface area contributed by atoms with E-state index in [4.69, 9.17) is 4.74 Å². The smallest absolute Gasteiger partial charge is 0.117 e. The van der Waals surface area contributed by atoms with Gasteiger partial charge in [-0.3, -0.25) is 0 Å². The normalized spacial score (nSPS) is 35.6. The van der Waals surface area contributed by atoms with Crippen molar-refractivity contribution in [2.75, 3.05) is 6.61 Å². The topological polar surface area (TPSA) is 73.2 Å². The van der Waals surface area contributed by atoms with Crippen LogP contribution in [-0.4, -0.2) is 46.3 Å². The van der Waals surface area contributed by atoms with Gasteiger partial charge in [0, 0.05) is 0 Å². The van der Waals surface area contributed by atoms with Crippen molar-refractivity contribution < 1.29 is 20.1 Å². The molecule has 1 heterocycles. The van der Waals surface area contributed by atoms with Gasteiger partial charge >= 0.3 is 0 Å². The summed E-state index contributed by atoms with van der Waals surface area (Å²) in [6, 6.07) is 0. The molecule has 2 aliphatic rings. The van der Waals surface area contributed by atoms with E-state index in [-0.39, 0.29) is 18.8 Å². The van der Waals surface area contributed by atoms with Crippen molar-refractivity contribution in [1.29, 1.82) is 0 Å². The molecule has 4 nitrogen and oxygen atoms in total. The Bertz CT molecular complexity index is 383. The number of hydrogen-bond donors (Lipinski definition) is 3. The minimum atomic E-state index is -0.803. The van der Waals surface area contributed by atoms with E-state index in [0.29, 0.717) is 11.1 Å². The number of rotatable bonds is 5. The third-order valence-electron chi connectivity index (χ3n) is 3.38. The summed E-state index contributed by atoms with van der Waals surface area (Å²) in [5.74, 6) is 0. The maximum atomic E-state index is 10.0. The summed E-state index contributed by atoms with van der Waals surface area (Å²) in [6.45, 7) is 1.84. The molecule has 2 rings (SSSR count). The summed E-state index contributed by atoms with van der Waals surface area (Å²) in [6.07, 6.45) is 7.37. The molecule has 4 heteroatoms. The maximum absolute atomic E-state index is 10.0. The molecular formula is C14H20O4. The van der Waals surface area contributed by atoms with E-state index in [1.54, 1.807) is 6.08 Å². The number of allylic oxidation sites excluding steroid dienone is 3. The minimum absolute atomic E-state index is 0.261. The van der Waals surface area contributed by atoms with Crippen molar-refractivity contribution in [3.8, 4) is 0 Å². The number of aliphatic hydroxyl groups excluding tert-OH is 3. The highest BCUT2D eigenvalue weighted by Crippen LogP contribution is 2.40. The Morgan fingerprint density at radius 1 is 1.17 bits per heavy atom. The molecule has 0 saturated carbocycles. The lowest BCUT2D eigenvalue weighted by Crippen LogP contribution is -2.35. The first-order valence-corrected chi connectivity index (χ1v) is 6.39. The van der Waals surface area contributed by atoms with Crippen molar-refractivity contribution in [2.24, 2.45) is 0 Å². The Kier molecular flexibility index (Phi) is 4.35. The lowest BCUT2D eigenvalue weighted by Gasteiger charge is -2.23. The number of unbranched alkanes of at least 4 members (excludes halogenated alkanes) is 1. The maximum Gasteiger partial charge on any atom is 0.117 e. The van der Waals surface area contributed by atoms with Crippen LogP contribution in [0, 0.1) is 0 Å². The van der Waals surface area contributed by atoms with Gasteiger partial charge in [-0.25, -0.2) is 0 Å². The van der Waals surface area contributed by atoms with Crippen LogP contribution in [0.4, 0.5) is 0 Å². The lowest BCUT2D eigenvalue weighted by molar-refractivity contribution is 0.141. The van der Waals surface area contributed by atoms with Gasteiger partial charge in [0.05, 0.1) is 6.61 Å². The van der Waals surface area contributed by atoms with E-state index in [9.17, 15) is 15.3 Å². The number of aliphatic hydroxyl groups is 3. The summed E-state index contributed by atoms with van der Waals surface area (Å²) in [7, 11) is 0. The molecule has 0 spiro atoms. The summed E-state index contributed by atoms with van der Waals surface area (Å²) in [5.41, 5.74) is 1.03. The molecule has 0 unspecified atom stereocenters. The molecule has 0 radical (unpaired) electrons. The summed E-state index contributed by atoms with van der Waals surface area (Å²) >= 11 is 0. The number of ether oxygens (including phenoxy) is 1. The van der Waals surface area contributed by atoms with Crippen LogP contribution in [0.1, 0.15) is 19.8 Å².